The van der Waals surface area contributed by atoms with Crippen LogP contribution in [0.4, 0.5) is 0 Å². The third-order valence-electron chi connectivity index (χ3n) is 2.33. The zero-order valence-corrected chi connectivity index (χ0v) is 10.6. The van der Waals surface area contributed by atoms with E-state index in [2.05, 4.69) is 39.9 Å². The summed E-state index contributed by atoms with van der Waals surface area (Å²) in [5.74, 6) is 1.07. The van der Waals surface area contributed by atoms with Crippen LogP contribution < -0.4 is 5.32 Å². The van der Waals surface area contributed by atoms with Crippen molar-refractivity contribution in [3.05, 3.63) is 24.2 Å². The maximum atomic E-state index is 5.37. The molecule has 0 aliphatic carbocycles. The number of hydrogen-bond acceptors (Lipinski definition) is 2. The first kappa shape index (κ1) is 12.3. The van der Waals surface area contributed by atoms with Gasteiger partial charge in [0.1, 0.15) is 5.76 Å². The van der Waals surface area contributed by atoms with Gasteiger partial charge in [-0.15, -0.1) is 0 Å². The first-order valence-electron chi connectivity index (χ1n) is 5.56. The first-order chi connectivity index (χ1) is 6.79. The van der Waals surface area contributed by atoms with Crippen molar-refractivity contribution >= 4 is 0 Å². The van der Waals surface area contributed by atoms with Crippen LogP contribution in [0.1, 0.15) is 40.4 Å². The minimum Gasteiger partial charge on any atom is -0.469 e. The topological polar surface area (TPSA) is 25.2 Å². The molecular formula is C13H23NO. The quantitative estimate of drug-likeness (QED) is 0.823. The van der Waals surface area contributed by atoms with Crippen molar-refractivity contribution in [2.45, 2.75) is 46.6 Å². The number of nitrogens with one attached hydrogen (secondary N) is 1. The molecule has 2 nitrogen and oxygen atoms in total. The molecule has 0 amide bonds. The van der Waals surface area contributed by atoms with Gasteiger partial charge in [0.25, 0.3) is 0 Å². The third kappa shape index (κ3) is 5.03. The zero-order valence-electron chi connectivity index (χ0n) is 10.6. The Kier molecular flexibility index (Phi) is 3.61. The molecule has 1 rings (SSSR count). The molecule has 0 aromatic carbocycles. The molecule has 0 saturated heterocycles. The summed E-state index contributed by atoms with van der Waals surface area (Å²) in [6.07, 6.45) is 2.71. The van der Waals surface area contributed by atoms with Gasteiger partial charge in [0.15, 0.2) is 0 Å². The Morgan fingerprint density at radius 2 is 1.87 bits per heavy atom. The van der Waals surface area contributed by atoms with Gasteiger partial charge in [-0.05, 0) is 38.3 Å². The van der Waals surface area contributed by atoms with Crippen molar-refractivity contribution in [1.29, 1.82) is 0 Å². The van der Waals surface area contributed by atoms with Gasteiger partial charge in [-0.1, -0.05) is 13.8 Å². The van der Waals surface area contributed by atoms with Crippen LogP contribution in [0.15, 0.2) is 22.8 Å². The maximum Gasteiger partial charge on any atom is 0.104 e. The molecule has 0 unspecified atom stereocenters. The van der Waals surface area contributed by atoms with Gasteiger partial charge < -0.3 is 9.73 Å². The Morgan fingerprint density at radius 3 is 2.33 bits per heavy atom. The predicted molar refractivity (Wildman–Crippen MR) is 63.9 cm³/mol. The monoisotopic (exact) mass is 209 g/mol. The van der Waals surface area contributed by atoms with Gasteiger partial charge in [-0.25, -0.2) is 0 Å². The summed E-state index contributed by atoms with van der Waals surface area (Å²) >= 11 is 0. The molecule has 2 heteroatoms. The molecular weight excluding hydrogens is 186 g/mol. The highest BCUT2D eigenvalue weighted by Gasteiger charge is 2.22. The van der Waals surface area contributed by atoms with E-state index in [-0.39, 0.29) is 11.0 Å². The molecule has 1 aromatic rings. The number of rotatable bonds is 4. The van der Waals surface area contributed by atoms with Crippen LogP contribution in [-0.2, 0) is 6.42 Å². The lowest BCUT2D eigenvalue weighted by Gasteiger charge is -2.29. The van der Waals surface area contributed by atoms with Crippen LogP contribution in [0.5, 0.6) is 0 Å². The van der Waals surface area contributed by atoms with Gasteiger partial charge in [-0.3, -0.25) is 0 Å². The van der Waals surface area contributed by atoms with E-state index in [0.717, 1.165) is 18.7 Å². The molecule has 86 valence electrons. The Hall–Kier alpha value is -0.760. The molecule has 0 spiro atoms. The molecule has 0 bridgehead atoms. The average molecular weight is 209 g/mol. The van der Waals surface area contributed by atoms with Crippen molar-refractivity contribution < 1.29 is 4.42 Å². The Balaban J connectivity index is 2.45. The zero-order chi connectivity index (χ0) is 11.5. The molecule has 0 aliphatic heterocycles. The second-order valence-electron chi connectivity index (χ2n) is 6.02. The number of furan rings is 1. The summed E-state index contributed by atoms with van der Waals surface area (Å²) in [7, 11) is 0. The van der Waals surface area contributed by atoms with Gasteiger partial charge in [0.05, 0.1) is 6.26 Å². The molecule has 1 aromatic heterocycles. The molecule has 1 heterocycles. The standard InChI is InChI=1S/C13H23NO/c1-12(2,3)14-10-13(4,5)9-11-7-6-8-15-11/h6-8,14H,9-10H2,1-5H3. The van der Waals surface area contributed by atoms with Crippen molar-refractivity contribution in [1.82, 2.24) is 5.32 Å². The largest absolute Gasteiger partial charge is 0.469 e. The fraction of sp³-hybridized carbons (Fsp3) is 0.692. The minimum atomic E-state index is 0.181. The van der Waals surface area contributed by atoms with E-state index >= 15 is 0 Å². The van der Waals surface area contributed by atoms with Crippen LogP contribution in [0.3, 0.4) is 0 Å². The van der Waals surface area contributed by atoms with Crippen molar-refractivity contribution in [3.63, 3.8) is 0 Å². The molecule has 0 atom stereocenters. The van der Waals surface area contributed by atoms with Crippen molar-refractivity contribution in [2.24, 2.45) is 5.41 Å². The smallest absolute Gasteiger partial charge is 0.104 e. The molecule has 0 fully saturated rings. The van der Waals surface area contributed by atoms with Gasteiger partial charge >= 0.3 is 0 Å². The first-order valence-corrected chi connectivity index (χ1v) is 5.56. The van der Waals surface area contributed by atoms with Gasteiger partial charge in [-0.2, -0.15) is 0 Å². The van der Waals surface area contributed by atoms with E-state index < -0.39 is 0 Å². The van der Waals surface area contributed by atoms with Crippen LogP contribution in [0, 0.1) is 5.41 Å². The highest BCUT2D eigenvalue weighted by molar-refractivity contribution is 5.01. The average Bonchev–Trinajstić information content (AvgIpc) is 2.52. The lowest BCUT2D eigenvalue weighted by atomic mass is 9.87. The summed E-state index contributed by atoms with van der Waals surface area (Å²) in [6.45, 7) is 12.1. The summed E-state index contributed by atoms with van der Waals surface area (Å²) in [6, 6.07) is 3.99. The lowest BCUT2D eigenvalue weighted by Crippen LogP contribution is -2.42. The van der Waals surface area contributed by atoms with E-state index in [1.165, 1.54) is 0 Å². The highest BCUT2D eigenvalue weighted by Crippen LogP contribution is 2.22. The third-order valence-corrected chi connectivity index (χ3v) is 2.33. The van der Waals surface area contributed by atoms with Crippen LogP contribution in [0.25, 0.3) is 0 Å². The fourth-order valence-electron chi connectivity index (χ4n) is 1.45. The van der Waals surface area contributed by atoms with E-state index in [1.807, 2.05) is 12.1 Å². The van der Waals surface area contributed by atoms with Gasteiger partial charge in [0.2, 0.25) is 0 Å². The van der Waals surface area contributed by atoms with E-state index in [4.69, 9.17) is 4.42 Å². The van der Waals surface area contributed by atoms with Crippen LogP contribution in [-0.4, -0.2) is 12.1 Å². The molecule has 0 saturated carbocycles. The lowest BCUT2D eigenvalue weighted by molar-refractivity contribution is 0.273. The highest BCUT2D eigenvalue weighted by atomic mass is 16.3. The van der Waals surface area contributed by atoms with Crippen molar-refractivity contribution in [2.75, 3.05) is 6.54 Å². The summed E-state index contributed by atoms with van der Waals surface area (Å²) < 4.78 is 5.37. The maximum absolute atomic E-state index is 5.37. The molecule has 15 heavy (non-hydrogen) atoms. The van der Waals surface area contributed by atoms with Crippen molar-refractivity contribution in [3.8, 4) is 0 Å². The number of hydrogen-bond donors (Lipinski definition) is 1. The van der Waals surface area contributed by atoms with E-state index in [1.54, 1.807) is 6.26 Å². The Labute approximate surface area is 93.1 Å². The van der Waals surface area contributed by atoms with Crippen LogP contribution >= 0.6 is 0 Å². The predicted octanol–water partition coefficient (Wildman–Crippen LogP) is 3.24. The summed E-state index contributed by atoms with van der Waals surface area (Å²) in [5.41, 5.74) is 0.408. The Bertz CT molecular complexity index is 280. The summed E-state index contributed by atoms with van der Waals surface area (Å²) in [5, 5.41) is 3.53. The minimum absolute atomic E-state index is 0.181. The molecule has 1 N–H and O–H groups in total. The fourth-order valence-corrected chi connectivity index (χ4v) is 1.45. The molecule has 0 aliphatic rings. The molecule has 0 radical (unpaired) electrons. The second-order valence-corrected chi connectivity index (χ2v) is 6.02. The summed E-state index contributed by atoms with van der Waals surface area (Å²) in [4.78, 5) is 0. The van der Waals surface area contributed by atoms with Crippen LogP contribution in [0.2, 0.25) is 0 Å². The second kappa shape index (κ2) is 4.40. The Morgan fingerprint density at radius 1 is 1.20 bits per heavy atom. The van der Waals surface area contributed by atoms with E-state index in [0.29, 0.717) is 0 Å². The SMILES string of the molecule is CC(C)(CNC(C)(C)C)Cc1ccco1. The van der Waals surface area contributed by atoms with E-state index in [9.17, 15) is 0 Å². The van der Waals surface area contributed by atoms with Gasteiger partial charge in [0, 0.05) is 18.5 Å². The normalized spacial score (nSPS) is 13.1.